The van der Waals surface area contributed by atoms with E-state index in [0.29, 0.717) is 32.7 Å². The molecule has 2 fully saturated rings. The summed E-state index contributed by atoms with van der Waals surface area (Å²) in [6.07, 6.45) is 0.438. The van der Waals surface area contributed by atoms with Crippen LogP contribution in [0, 0.1) is 0 Å². The minimum absolute atomic E-state index is 0. The van der Waals surface area contributed by atoms with Gasteiger partial charge in [-0.25, -0.2) is 0 Å². The summed E-state index contributed by atoms with van der Waals surface area (Å²) in [5.41, 5.74) is 0. The van der Waals surface area contributed by atoms with E-state index in [1.165, 1.54) is 0 Å². The highest BCUT2D eigenvalue weighted by atomic mass is 35.5. The molecular weight excluding hydrogens is 314 g/mol. The Bertz CT molecular complexity index is 348. The zero-order valence-corrected chi connectivity index (χ0v) is 13.9. The van der Waals surface area contributed by atoms with Gasteiger partial charge in [0, 0.05) is 43.6 Å². The number of ether oxygens (including phenoxy) is 1. The quantitative estimate of drug-likeness (QED) is 0.747. The van der Waals surface area contributed by atoms with Gasteiger partial charge in [-0.1, -0.05) is 0 Å². The molecule has 0 bridgehead atoms. The first kappa shape index (κ1) is 18.5. The first-order valence-corrected chi connectivity index (χ1v) is 8.29. The van der Waals surface area contributed by atoms with Gasteiger partial charge >= 0.3 is 0 Å². The van der Waals surface area contributed by atoms with Crippen LogP contribution in [0.3, 0.4) is 0 Å². The van der Waals surface area contributed by atoms with Crippen LogP contribution >= 0.6 is 24.2 Å². The number of nitrogens with zero attached hydrogens (tertiary/aromatic N) is 1. The van der Waals surface area contributed by atoms with Gasteiger partial charge < -0.3 is 20.3 Å². The number of hydrogen-bond acceptors (Lipinski definition) is 5. The molecule has 2 atom stereocenters. The normalized spacial score (nSPS) is 23.9. The van der Waals surface area contributed by atoms with Crippen molar-refractivity contribution < 1.29 is 14.3 Å². The molecule has 2 N–H and O–H groups in total. The third kappa shape index (κ3) is 6.02. The molecule has 21 heavy (non-hydrogen) atoms. The van der Waals surface area contributed by atoms with Crippen molar-refractivity contribution >= 4 is 36.0 Å². The largest absolute Gasteiger partial charge is 0.378 e. The highest BCUT2D eigenvalue weighted by Gasteiger charge is 2.24. The molecule has 0 saturated carbocycles. The van der Waals surface area contributed by atoms with Crippen LogP contribution in [0.15, 0.2) is 0 Å². The van der Waals surface area contributed by atoms with Gasteiger partial charge in [0.25, 0.3) is 0 Å². The molecule has 2 unspecified atom stereocenters. The topological polar surface area (TPSA) is 70.7 Å². The number of halogens is 1. The lowest BCUT2D eigenvalue weighted by Gasteiger charge is -2.30. The van der Waals surface area contributed by atoms with Gasteiger partial charge in [0.2, 0.25) is 11.8 Å². The number of morpholine rings is 1. The van der Waals surface area contributed by atoms with E-state index in [-0.39, 0.29) is 30.3 Å². The molecular formula is C13H24ClN3O3S. The summed E-state index contributed by atoms with van der Waals surface area (Å²) in [7, 11) is 0. The Morgan fingerprint density at radius 2 is 2.14 bits per heavy atom. The highest BCUT2D eigenvalue weighted by molar-refractivity contribution is 7.99. The molecule has 2 aliphatic rings. The summed E-state index contributed by atoms with van der Waals surface area (Å²) in [4.78, 5) is 25.9. The fourth-order valence-electron chi connectivity index (χ4n) is 2.39. The van der Waals surface area contributed by atoms with Crippen LogP contribution in [0.2, 0.25) is 0 Å². The first-order valence-electron chi connectivity index (χ1n) is 7.14. The van der Waals surface area contributed by atoms with Crippen molar-refractivity contribution in [1.29, 1.82) is 0 Å². The molecule has 8 heteroatoms. The second-order valence-electron chi connectivity index (χ2n) is 5.16. The molecule has 6 nitrogen and oxygen atoms in total. The Kier molecular flexibility index (Phi) is 8.39. The van der Waals surface area contributed by atoms with Crippen LogP contribution in [0.1, 0.15) is 13.3 Å². The summed E-state index contributed by atoms with van der Waals surface area (Å²) in [6, 6.07) is -0.240. The van der Waals surface area contributed by atoms with Gasteiger partial charge in [-0.3, -0.25) is 9.59 Å². The Morgan fingerprint density at radius 1 is 1.43 bits per heavy atom. The number of carbonyl (C=O) groups excluding carboxylic acids is 2. The van der Waals surface area contributed by atoms with Crippen molar-refractivity contribution in [2.45, 2.75) is 25.4 Å². The Balaban J connectivity index is 0.00000220. The zero-order valence-electron chi connectivity index (χ0n) is 12.3. The number of amides is 2. The van der Waals surface area contributed by atoms with Crippen molar-refractivity contribution in [2.75, 3.05) is 44.4 Å². The van der Waals surface area contributed by atoms with Crippen LogP contribution in [-0.2, 0) is 14.3 Å². The van der Waals surface area contributed by atoms with Crippen LogP contribution in [0.25, 0.3) is 0 Å². The van der Waals surface area contributed by atoms with E-state index in [9.17, 15) is 9.59 Å². The van der Waals surface area contributed by atoms with E-state index in [0.717, 1.165) is 18.1 Å². The molecule has 2 heterocycles. The van der Waals surface area contributed by atoms with Crippen molar-refractivity contribution in [3.63, 3.8) is 0 Å². The summed E-state index contributed by atoms with van der Waals surface area (Å²) in [5.74, 6) is 1.98. The second kappa shape index (κ2) is 9.50. The molecule has 0 radical (unpaired) electrons. The third-order valence-electron chi connectivity index (χ3n) is 3.50. The number of hydrogen-bond donors (Lipinski definition) is 2. The molecule has 2 amide bonds. The number of carbonyl (C=O) groups is 2. The van der Waals surface area contributed by atoms with Crippen LogP contribution < -0.4 is 10.6 Å². The van der Waals surface area contributed by atoms with Gasteiger partial charge in [0.15, 0.2) is 0 Å². The Morgan fingerprint density at radius 3 is 2.76 bits per heavy atom. The molecule has 2 rings (SSSR count). The molecule has 0 spiro atoms. The lowest BCUT2D eigenvalue weighted by Crippen LogP contribution is -2.51. The monoisotopic (exact) mass is 337 g/mol. The van der Waals surface area contributed by atoms with Gasteiger partial charge in [-0.05, 0) is 6.92 Å². The molecule has 0 aromatic rings. The van der Waals surface area contributed by atoms with E-state index in [1.54, 1.807) is 11.8 Å². The molecule has 0 aromatic heterocycles. The molecule has 0 aliphatic carbocycles. The van der Waals surface area contributed by atoms with E-state index >= 15 is 0 Å². The van der Waals surface area contributed by atoms with E-state index in [2.05, 4.69) is 10.6 Å². The van der Waals surface area contributed by atoms with Crippen molar-refractivity contribution in [1.82, 2.24) is 15.5 Å². The van der Waals surface area contributed by atoms with Gasteiger partial charge in [-0.15, -0.1) is 12.4 Å². The van der Waals surface area contributed by atoms with Crippen molar-refractivity contribution in [2.24, 2.45) is 0 Å². The number of rotatable bonds is 4. The SMILES string of the molecule is CC(NC(=O)CC1CSCCN1)C(=O)N1CCOCC1.Cl. The summed E-state index contributed by atoms with van der Waals surface area (Å²) in [5, 5.41) is 6.13. The number of nitrogens with one attached hydrogen (secondary N) is 2. The zero-order chi connectivity index (χ0) is 14.4. The number of thioether (sulfide) groups is 1. The predicted molar refractivity (Wildman–Crippen MR) is 86.0 cm³/mol. The standard InChI is InChI=1S/C13H23N3O3S.ClH/c1-10(13(18)16-3-5-19-6-4-16)15-12(17)8-11-9-20-7-2-14-11;/h10-11,14H,2-9H2,1H3,(H,15,17);1H. The first-order chi connectivity index (χ1) is 9.66. The lowest BCUT2D eigenvalue weighted by molar-refractivity contribution is -0.139. The third-order valence-corrected chi connectivity index (χ3v) is 4.63. The van der Waals surface area contributed by atoms with Crippen LogP contribution in [0.4, 0.5) is 0 Å². The van der Waals surface area contributed by atoms with Crippen LogP contribution in [-0.4, -0.2) is 73.2 Å². The Labute approximate surface area is 136 Å². The smallest absolute Gasteiger partial charge is 0.245 e. The van der Waals surface area contributed by atoms with Crippen molar-refractivity contribution in [3.8, 4) is 0 Å². The minimum Gasteiger partial charge on any atom is -0.378 e. The summed E-state index contributed by atoms with van der Waals surface area (Å²) < 4.78 is 5.22. The molecule has 2 aliphatic heterocycles. The average Bonchev–Trinajstić information content (AvgIpc) is 2.48. The minimum atomic E-state index is -0.461. The van der Waals surface area contributed by atoms with E-state index in [1.807, 2.05) is 11.8 Å². The fourth-order valence-corrected chi connectivity index (χ4v) is 3.34. The molecule has 2 saturated heterocycles. The average molecular weight is 338 g/mol. The highest BCUT2D eigenvalue weighted by Crippen LogP contribution is 2.10. The van der Waals surface area contributed by atoms with Crippen LogP contribution in [0.5, 0.6) is 0 Å². The maximum absolute atomic E-state index is 12.2. The summed E-state index contributed by atoms with van der Waals surface area (Å²) in [6.45, 7) is 5.08. The van der Waals surface area contributed by atoms with Gasteiger partial charge in [0.05, 0.1) is 13.2 Å². The van der Waals surface area contributed by atoms with Gasteiger partial charge in [0.1, 0.15) is 6.04 Å². The molecule has 122 valence electrons. The summed E-state index contributed by atoms with van der Waals surface area (Å²) >= 11 is 1.86. The predicted octanol–water partition coefficient (Wildman–Crippen LogP) is -0.133. The lowest BCUT2D eigenvalue weighted by atomic mass is 10.2. The second-order valence-corrected chi connectivity index (χ2v) is 6.31. The maximum atomic E-state index is 12.2. The van der Waals surface area contributed by atoms with Gasteiger partial charge in [-0.2, -0.15) is 11.8 Å². The van der Waals surface area contributed by atoms with E-state index in [4.69, 9.17) is 4.74 Å². The van der Waals surface area contributed by atoms with E-state index < -0.39 is 6.04 Å². The Hall–Kier alpha value is -0.500. The maximum Gasteiger partial charge on any atom is 0.245 e. The fraction of sp³-hybridized carbons (Fsp3) is 0.846. The van der Waals surface area contributed by atoms with Crippen molar-refractivity contribution in [3.05, 3.63) is 0 Å². The molecule has 0 aromatic carbocycles.